The SMILES string of the molecule is CCOc1ccc(NC(=O)Nc2ccccc2Oc2ccccc2)cc1. The van der Waals surface area contributed by atoms with Crippen molar-refractivity contribution in [2.45, 2.75) is 6.92 Å². The van der Waals surface area contributed by atoms with Gasteiger partial charge in [-0.25, -0.2) is 4.79 Å². The van der Waals surface area contributed by atoms with Gasteiger partial charge in [-0.2, -0.15) is 0 Å². The first-order valence-electron chi connectivity index (χ1n) is 8.37. The summed E-state index contributed by atoms with van der Waals surface area (Å²) in [7, 11) is 0. The lowest BCUT2D eigenvalue weighted by molar-refractivity contribution is 0.262. The molecule has 0 aliphatic heterocycles. The van der Waals surface area contributed by atoms with Crippen LogP contribution < -0.4 is 20.1 Å². The Labute approximate surface area is 152 Å². The van der Waals surface area contributed by atoms with Crippen LogP contribution in [0.15, 0.2) is 78.9 Å². The zero-order valence-electron chi connectivity index (χ0n) is 14.4. The molecule has 132 valence electrons. The third-order valence-corrected chi connectivity index (χ3v) is 3.53. The van der Waals surface area contributed by atoms with E-state index in [9.17, 15) is 4.79 Å². The van der Waals surface area contributed by atoms with Crippen molar-refractivity contribution in [1.29, 1.82) is 0 Å². The van der Waals surface area contributed by atoms with Crippen LogP contribution >= 0.6 is 0 Å². The van der Waals surface area contributed by atoms with Crippen molar-refractivity contribution in [3.05, 3.63) is 78.9 Å². The zero-order chi connectivity index (χ0) is 18.2. The number of ether oxygens (including phenoxy) is 2. The molecule has 0 atom stereocenters. The van der Waals surface area contributed by atoms with E-state index in [2.05, 4.69) is 10.6 Å². The molecule has 0 aliphatic carbocycles. The number of para-hydroxylation sites is 3. The number of benzene rings is 3. The minimum Gasteiger partial charge on any atom is -0.494 e. The molecule has 0 unspecified atom stereocenters. The van der Waals surface area contributed by atoms with Gasteiger partial charge in [0, 0.05) is 5.69 Å². The summed E-state index contributed by atoms with van der Waals surface area (Å²) in [5, 5.41) is 5.60. The fraction of sp³-hybridized carbons (Fsp3) is 0.0952. The van der Waals surface area contributed by atoms with Gasteiger partial charge in [-0.3, -0.25) is 0 Å². The van der Waals surface area contributed by atoms with E-state index in [0.717, 1.165) is 5.75 Å². The number of anilines is 2. The molecule has 0 aromatic heterocycles. The third kappa shape index (κ3) is 4.77. The lowest BCUT2D eigenvalue weighted by Crippen LogP contribution is -2.19. The maximum absolute atomic E-state index is 12.3. The van der Waals surface area contributed by atoms with Gasteiger partial charge in [0.1, 0.15) is 11.5 Å². The van der Waals surface area contributed by atoms with Gasteiger partial charge in [-0.05, 0) is 55.5 Å². The highest BCUT2D eigenvalue weighted by molar-refractivity contribution is 6.00. The predicted molar refractivity (Wildman–Crippen MR) is 103 cm³/mol. The quantitative estimate of drug-likeness (QED) is 0.616. The summed E-state index contributed by atoms with van der Waals surface area (Å²) in [6.45, 7) is 2.53. The molecule has 0 heterocycles. The fourth-order valence-corrected chi connectivity index (χ4v) is 2.36. The Hall–Kier alpha value is -3.47. The molecule has 0 fully saturated rings. The highest BCUT2D eigenvalue weighted by Crippen LogP contribution is 2.29. The smallest absolute Gasteiger partial charge is 0.323 e. The second-order valence-electron chi connectivity index (χ2n) is 5.45. The van der Waals surface area contributed by atoms with Crippen LogP contribution in [-0.4, -0.2) is 12.6 Å². The lowest BCUT2D eigenvalue weighted by Gasteiger charge is -2.13. The summed E-state index contributed by atoms with van der Waals surface area (Å²) in [5.74, 6) is 2.04. The summed E-state index contributed by atoms with van der Waals surface area (Å²) in [6, 6.07) is 23.6. The summed E-state index contributed by atoms with van der Waals surface area (Å²) >= 11 is 0. The molecule has 3 aromatic carbocycles. The Kier molecular flexibility index (Phi) is 5.72. The first-order chi connectivity index (χ1) is 12.7. The van der Waals surface area contributed by atoms with Crippen molar-refractivity contribution in [2.24, 2.45) is 0 Å². The monoisotopic (exact) mass is 348 g/mol. The predicted octanol–water partition coefficient (Wildman–Crippen LogP) is 5.52. The van der Waals surface area contributed by atoms with E-state index in [1.165, 1.54) is 0 Å². The van der Waals surface area contributed by atoms with Gasteiger partial charge < -0.3 is 20.1 Å². The molecule has 0 spiro atoms. The number of carbonyl (C=O) groups is 1. The molecule has 3 aromatic rings. The van der Waals surface area contributed by atoms with Gasteiger partial charge in [-0.1, -0.05) is 30.3 Å². The Morgan fingerprint density at radius 2 is 1.50 bits per heavy atom. The molecular formula is C21H20N2O3. The third-order valence-electron chi connectivity index (χ3n) is 3.53. The molecule has 3 rings (SSSR count). The minimum atomic E-state index is -0.349. The Morgan fingerprint density at radius 1 is 0.808 bits per heavy atom. The van der Waals surface area contributed by atoms with Crippen molar-refractivity contribution in [1.82, 2.24) is 0 Å². The van der Waals surface area contributed by atoms with Gasteiger partial charge in [-0.15, -0.1) is 0 Å². The maximum Gasteiger partial charge on any atom is 0.323 e. The van der Waals surface area contributed by atoms with Crippen molar-refractivity contribution >= 4 is 17.4 Å². The van der Waals surface area contributed by atoms with Gasteiger partial charge >= 0.3 is 6.03 Å². The highest BCUT2D eigenvalue weighted by Gasteiger charge is 2.08. The normalized spacial score (nSPS) is 10.0. The number of hydrogen-bond donors (Lipinski definition) is 2. The molecule has 2 N–H and O–H groups in total. The van der Waals surface area contributed by atoms with E-state index in [-0.39, 0.29) is 6.03 Å². The summed E-state index contributed by atoms with van der Waals surface area (Å²) in [4.78, 5) is 12.3. The van der Waals surface area contributed by atoms with Crippen molar-refractivity contribution in [2.75, 3.05) is 17.2 Å². The number of urea groups is 1. The zero-order valence-corrected chi connectivity index (χ0v) is 14.4. The number of carbonyl (C=O) groups excluding carboxylic acids is 1. The van der Waals surface area contributed by atoms with Crippen LogP contribution in [0.1, 0.15) is 6.92 Å². The average molecular weight is 348 g/mol. The molecule has 2 amide bonds. The number of hydrogen-bond acceptors (Lipinski definition) is 3. The maximum atomic E-state index is 12.3. The molecular weight excluding hydrogens is 328 g/mol. The van der Waals surface area contributed by atoms with Crippen LogP contribution in [0.25, 0.3) is 0 Å². The molecule has 0 aliphatic rings. The van der Waals surface area contributed by atoms with Crippen molar-refractivity contribution in [3.8, 4) is 17.2 Å². The summed E-state index contributed by atoms with van der Waals surface area (Å²) in [6.07, 6.45) is 0. The van der Waals surface area contributed by atoms with E-state index in [4.69, 9.17) is 9.47 Å². The first-order valence-corrected chi connectivity index (χ1v) is 8.37. The Morgan fingerprint density at radius 3 is 2.23 bits per heavy atom. The second-order valence-corrected chi connectivity index (χ2v) is 5.45. The van der Waals surface area contributed by atoms with E-state index >= 15 is 0 Å². The van der Waals surface area contributed by atoms with Crippen LogP contribution in [0.3, 0.4) is 0 Å². The molecule has 0 radical (unpaired) electrons. The van der Waals surface area contributed by atoms with Crippen molar-refractivity contribution < 1.29 is 14.3 Å². The number of rotatable bonds is 6. The second kappa shape index (κ2) is 8.58. The van der Waals surface area contributed by atoms with Crippen LogP contribution in [0.5, 0.6) is 17.2 Å². The van der Waals surface area contributed by atoms with Crippen LogP contribution in [-0.2, 0) is 0 Å². The molecule has 0 saturated carbocycles. The molecule has 0 bridgehead atoms. The first kappa shape index (κ1) is 17.4. The average Bonchev–Trinajstić information content (AvgIpc) is 2.66. The van der Waals surface area contributed by atoms with E-state index in [1.54, 1.807) is 24.3 Å². The molecule has 26 heavy (non-hydrogen) atoms. The van der Waals surface area contributed by atoms with Gasteiger partial charge in [0.05, 0.1) is 12.3 Å². The summed E-state index contributed by atoms with van der Waals surface area (Å²) in [5.41, 5.74) is 1.26. The topological polar surface area (TPSA) is 59.6 Å². The van der Waals surface area contributed by atoms with Crippen LogP contribution in [0.2, 0.25) is 0 Å². The van der Waals surface area contributed by atoms with E-state index < -0.39 is 0 Å². The molecule has 5 nitrogen and oxygen atoms in total. The fourth-order valence-electron chi connectivity index (χ4n) is 2.36. The van der Waals surface area contributed by atoms with Crippen molar-refractivity contribution in [3.63, 3.8) is 0 Å². The van der Waals surface area contributed by atoms with Gasteiger partial charge in [0.15, 0.2) is 5.75 Å². The molecule has 5 heteroatoms. The summed E-state index contributed by atoms with van der Waals surface area (Å²) < 4.78 is 11.2. The number of nitrogens with one attached hydrogen (secondary N) is 2. The van der Waals surface area contributed by atoms with Gasteiger partial charge in [0.2, 0.25) is 0 Å². The number of amides is 2. The minimum absolute atomic E-state index is 0.349. The molecule has 0 saturated heterocycles. The van der Waals surface area contributed by atoms with Crippen LogP contribution in [0, 0.1) is 0 Å². The highest BCUT2D eigenvalue weighted by atomic mass is 16.5. The Bertz CT molecular complexity index is 849. The standard InChI is InChI=1S/C21H20N2O3/c1-2-25-17-14-12-16(13-15-17)22-21(24)23-19-10-6-7-11-20(19)26-18-8-4-3-5-9-18/h3-15H,2H2,1H3,(H2,22,23,24). The van der Waals surface area contributed by atoms with Gasteiger partial charge in [0.25, 0.3) is 0 Å². The largest absolute Gasteiger partial charge is 0.494 e. The van der Waals surface area contributed by atoms with E-state index in [0.29, 0.717) is 29.5 Å². The Balaban J connectivity index is 1.65. The lowest BCUT2D eigenvalue weighted by atomic mass is 10.3. The van der Waals surface area contributed by atoms with E-state index in [1.807, 2.05) is 61.5 Å². The van der Waals surface area contributed by atoms with Crippen LogP contribution in [0.4, 0.5) is 16.2 Å².